The highest BCUT2D eigenvalue weighted by molar-refractivity contribution is 7.92. The Labute approximate surface area is 177 Å². The number of carbonyl (C=O) groups is 1. The quantitative estimate of drug-likeness (QED) is 0.554. The van der Waals surface area contributed by atoms with Gasteiger partial charge in [-0.05, 0) is 61.4 Å². The lowest BCUT2D eigenvalue weighted by Gasteiger charge is -2.17. The van der Waals surface area contributed by atoms with Crippen LogP contribution in [0.3, 0.4) is 0 Å². The van der Waals surface area contributed by atoms with Crippen molar-refractivity contribution in [2.24, 2.45) is 0 Å². The molecule has 0 aliphatic rings. The lowest BCUT2D eigenvalue weighted by molar-refractivity contribution is -0.122. The van der Waals surface area contributed by atoms with Gasteiger partial charge in [-0.15, -0.1) is 0 Å². The van der Waals surface area contributed by atoms with E-state index in [4.69, 9.17) is 4.74 Å². The molecule has 6 nitrogen and oxygen atoms in total. The van der Waals surface area contributed by atoms with Gasteiger partial charge >= 0.3 is 0 Å². The third kappa shape index (κ3) is 5.39. The first-order valence-corrected chi connectivity index (χ1v) is 11.1. The Bertz CT molecular complexity index is 1100. The molecule has 0 heterocycles. The largest absolute Gasteiger partial charge is 0.481 e. The highest BCUT2D eigenvalue weighted by Crippen LogP contribution is 2.21. The second kappa shape index (κ2) is 9.45. The van der Waals surface area contributed by atoms with Crippen molar-refractivity contribution in [1.29, 1.82) is 0 Å². The lowest BCUT2D eigenvalue weighted by Crippen LogP contribution is -2.32. The molecule has 0 aromatic heterocycles. The van der Waals surface area contributed by atoms with Crippen molar-refractivity contribution < 1.29 is 17.9 Å². The van der Waals surface area contributed by atoms with Gasteiger partial charge < -0.3 is 10.1 Å². The molecule has 0 saturated carbocycles. The van der Waals surface area contributed by atoms with Gasteiger partial charge in [0.25, 0.3) is 15.9 Å². The number of ether oxygens (including phenoxy) is 1. The average molecular weight is 425 g/mol. The second-order valence-corrected chi connectivity index (χ2v) is 8.44. The van der Waals surface area contributed by atoms with E-state index in [2.05, 4.69) is 10.0 Å². The molecule has 0 aliphatic carbocycles. The molecule has 0 saturated heterocycles. The smallest absolute Gasteiger partial charge is 0.265 e. The molecule has 30 heavy (non-hydrogen) atoms. The Hall–Kier alpha value is -3.32. The summed E-state index contributed by atoms with van der Waals surface area (Å²) < 4.78 is 33.6. The van der Waals surface area contributed by atoms with Gasteiger partial charge in [0.05, 0.1) is 10.6 Å². The number of sulfonamides is 1. The summed E-state index contributed by atoms with van der Waals surface area (Å²) in [7, 11) is -3.73. The van der Waals surface area contributed by atoms with Gasteiger partial charge in [-0.1, -0.05) is 43.3 Å². The number of amides is 1. The van der Waals surface area contributed by atoms with Crippen LogP contribution in [0.5, 0.6) is 5.75 Å². The van der Waals surface area contributed by atoms with Crippen molar-refractivity contribution in [1.82, 2.24) is 0 Å². The first kappa shape index (κ1) is 21.4. The normalized spacial score (nSPS) is 12.1. The summed E-state index contributed by atoms with van der Waals surface area (Å²) in [6.45, 7) is 3.69. The van der Waals surface area contributed by atoms with Gasteiger partial charge in [-0.3, -0.25) is 9.52 Å². The zero-order chi connectivity index (χ0) is 21.6. The standard InChI is InChI=1S/C23H24N2O4S/c1-3-22(29-19-10-5-4-6-11-19)23(26)24-18-13-15-20(16-14-18)30(27,28)25-21-12-8-7-9-17(21)2/h4-16,22,25H,3H2,1-2H3,(H,24,26)/t22-/m0/s1. The van der Waals surface area contributed by atoms with E-state index in [1.807, 2.05) is 44.2 Å². The number of para-hydroxylation sites is 2. The van der Waals surface area contributed by atoms with Crippen molar-refractivity contribution in [2.75, 3.05) is 10.0 Å². The van der Waals surface area contributed by atoms with Crippen LogP contribution in [0, 0.1) is 6.92 Å². The van der Waals surface area contributed by atoms with Gasteiger partial charge in [0.2, 0.25) is 0 Å². The Balaban J connectivity index is 1.67. The summed E-state index contributed by atoms with van der Waals surface area (Å²) in [5, 5.41) is 2.77. The minimum Gasteiger partial charge on any atom is -0.481 e. The zero-order valence-electron chi connectivity index (χ0n) is 16.8. The average Bonchev–Trinajstić information content (AvgIpc) is 2.74. The Morgan fingerprint density at radius 2 is 1.57 bits per heavy atom. The first-order chi connectivity index (χ1) is 14.4. The minimum atomic E-state index is -3.73. The molecule has 0 radical (unpaired) electrons. The maximum Gasteiger partial charge on any atom is 0.265 e. The molecule has 0 spiro atoms. The van der Waals surface area contributed by atoms with E-state index in [-0.39, 0.29) is 10.8 Å². The topological polar surface area (TPSA) is 84.5 Å². The Kier molecular flexibility index (Phi) is 6.74. The first-order valence-electron chi connectivity index (χ1n) is 9.60. The summed E-state index contributed by atoms with van der Waals surface area (Å²) in [6, 6.07) is 22.3. The Morgan fingerprint density at radius 1 is 0.933 bits per heavy atom. The predicted octanol–water partition coefficient (Wildman–Crippen LogP) is 4.59. The third-order valence-electron chi connectivity index (χ3n) is 4.51. The predicted molar refractivity (Wildman–Crippen MR) is 118 cm³/mol. The molecular formula is C23H24N2O4S. The maximum atomic E-state index is 12.6. The molecule has 156 valence electrons. The number of anilines is 2. The van der Waals surface area contributed by atoms with Crippen molar-refractivity contribution in [3.63, 3.8) is 0 Å². The van der Waals surface area contributed by atoms with E-state index >= 15 is 0 Å². The van der Waals surface area contributed by atoms with Crippen molar-refractivity contribution in [2.45, 2.75) is 31.3 Å². The van der Waals surface area contributed by atoms with Crippen LogP contribution >= 0.6 is 0 Å². The Morgan fingerprint density at radius 3 is 2.20 bits per heavy atom. The van der Waals surface area contributed by atoms with Crippen molar-refractivity contribution >= 4 is 27.3 Å². The van der Waals surface area contributed by atoms with E-state index in [1.54, 1.807) is 36.4 Å². The molecule has 1 amide bonds. The maximum absolute atomic E-state index is 12.6. The number of carbonyl (C=O) groups excluding carboxylic acids is 1. The van der Waals surface area contributed by atoms with E-state index in [9.17, 15) is 13.2 Å². The SMILES string of the molecule is CC[C@H](Oc1ccccc1)C(=O)Nc1ccc(S(=O)(=O)Nc2ccccc2C)cc1. The van der Waals surface area contributed by atoms with Crippen LogP contribution in [0.1, 0.15) is 18.9 Å². The molecule has 3 aromatic rings. The fourth-order valence-electron chi connectivity index (χ4n) is 2.82. The van der Waals surface area contributed by atoms with Crippen LogP contribution in [-0.2, 0) is 14.8 Å². The van der Waals surface area contributed by atoms with Gasteiger partial charge in [0, 0.05) is 5.69 Å². The molecule has 0 aliphatic heterocycles. The van der Waals surface area contributed by atoms with Gasteiger partial charge in [0.15, 0.2) is 6.10 Å². The van der Waals surface area contributed by atoms with Crippen LogP contribution in [0.25, 0.3) is 0 Å². The van der Waals surface area contributed by atoms with Crippen molar-refractivity contribution in [3.8, 4) is 5.75 Å². The number of benzene rings is 3. The summed E-state index contributed by atoms with van der Waals surface area (Å²) >= 11 is 0. The molecule has 0 unspecified atom stereocenters. The molecule has 7 heteroatoms. The van der Waals surface area contributed by atoms with Crippen LogP contribution in [0.15, 0.2) is 83.8 Å². The molecule has 3 rings (SSSR count). The highest BCUT2D eigenvalue weighted by atomic mass is 32.2. The fourth-order valence-corrected chi connectivity index (χ4v) is 3.95. The summed E-state index contributed by atoms with van der Waals surface area (Å²) in [5.74, 6) is 0.318. The molecule has 0 fully saturated rings. The van der Waals surface area contributed by atoms with Gasteiger partial charge in [-0.2, -0.15) is 0 Å². The summed E-state index contributed by atoms with van der Waals surface area (Å²) in [6.07, 6.45) is -0.161. The number of hydrogen-bond acceptors (Lipinski definition) is 4. The molecule has 0 bridgehead atoms. The molecule has 3 aromatic carbocycles. The van der Waals surface area contributed by atoms with Crippen molar-refractivity contribution in [3.05, 3.63) is 84.4 Å². The van der Waals surface area contributed by atoms with E-state index in [1.165, 1.54) is 12.1 Å². The third-order valence-corrected chi connectivity index (χ3v) is 5.89. The van der Waals surface area contributed by atoms with Gasteiger partial charge in [0.1, 0.15) is 5.75 Å². The monoisotopic (exact) mass is 424 g/mol. The van der Waals surface area contributed by atoms with Crippen LogP contribution in [-0.4, -0.2) is 20.4 Å². The molecule has 1 atom stereocenters. The fraction of sp³-hybridized carbons (Fsp3) is 0.174. The van der Waals surface area contributed by atoms with E-state index in [0.29, 0.717) is 23.5 Å². The number of hydrogen-bond donors (Lipinski definition) is 2. The molecular weight excluding hydrogens is 400 g/mol. The number of rotatable bonds is 8. The highest BCUT2D eigenvalue weighted by Gasteiger charge is 2.19. The van der Waals surface area contributed by atoms with E-state index < -0.39 is 16.1 Å². The summed E-state index contributed by atoms with van der Waals surface area (Å²) in [4.78, 5) is 12.6. The van der Waals surface area contributed by atoms with Crippen LogP contribution < -0.4 is 14.8 Å². The lowest BCUT2D eigenvalue weighted by atomic mass is 10.2. The summed E-state index contributed by atoms with van der Waals surface area (Å²) in [5.41, 5.74) is 1.85. The molecule has 2 N–H and O–H groups in total. The number of aryl methyl sites for hydroxylation is 1. The zero-order valence-corrected chi connectivity index (χ0v) is 17.6. The van der Waals surface area contributed by atoms with Crippen LogP contribution in [0.2, 0.25) is 0 Å². The minimum absolute atomic E-state index is 0.108. The second-order valence-electron chi connectivity index (χ2n) is 6.76. The van der Waals surface area contributed by atoms with E-state index in [0.717, 1.165) is 5.56 Å². The van der Waals surface area contributed by atoms with Gasteiger partial charge in [-0.25, -0.2) is 8.42 Å². The number of nitrogens with one attached hydrogen (secondary N) is 2. The van der Waals surface area contributed by atoms with Crippen LogP contribution in [0.4, 0.5) is 11.4 Å².